The third-order valence-corrected chi connectivity index (χ3v) is 6.46. The number of ether oxygens (including phenoxy) is 1. The van der Waals surface area contributed by atoms with Crippen molar-refractivity contribution in [2.45, 2.75) is 51.4 Å². The van der Waals surface area contributed by atoms with Gasteiger partial charge in [0.2, 0.25) is 0 Å². The Balaban J connectivity index is 1.56. The van der Waals surface area contributed by atoms with Gasteiger partial charge in [-0.1, -0.05) is 12.1 Å². The molecule has 146 valence electrons. The van der Waals surface area contributed by atoms with Crippen molar-refractivity contribution in [1.29, 1.82) is 0 Å². The van der Waals surface area contributed by atoms with Crippen LogP contribution < -0.4 is 10.1 Å². The van der Waals surface area contributed by atoms with Crippen molar-refractivity contribution < 1.29 is 4.74 Å². The van der Waals surface area contributed by atoms with E-state index in [0.717, 1.165) is 49.7 Å². The Bertz CT molecular complexity index is 980. The third-order valence-electron chi connectivity index (χ3n) is 6.46. The average Bonchev–Trinajstić information content (AvgIpc) is 3.09. The van der Waals surface area contributed by atoms with Crippen molar-refractivity contribution in [3.05, 3.63) is 58.5 Å². The molecule has 1 atom stereocenters. The fourth-order valence-electron chi connectivity index (χ4n) is 5.13. The van der Waals surface area contributed by atoms with Crippen LogP contribution >= 0.6 is 0 Å². The Labute approximate surface area is 166 Å². The number of nitrogens with one attached hydrogen (secondary N) is 2. The van der Waals surface area contributed by atoms with Gasteiger partial charge in [0.05, 0.1) is 12.1 Å². The van der Waals surface area contributed by atoms with E-state index < -0.39 is 0 Å². The molecule has 4 nitrogen and oxygen atoms in total. The smallest absolute Gasteiger partial charge is 0.144 e. The first-order valence-corrected chi connectivity index (χ1v) is 10.6. The number of rotatable bonds is 2. The van der Waals surface area contributed by atoms with Gasteiger partial charge in [0.1, 0.15) is 5.75 Å². The summed E-state index contributed by atoms with van der Waals surface area (Å²) >= 11 is 0. The van der Waals surface area contributed by atoms with Gasteiger partial charge in [0.25, 0.3) is 0 Å². The lowest BCUT2D eigenvalue weighted by Crippen LogP contribution is -2.26. The molecule has 1 saturated heterocycles. The van der Waals surface area contributed by atoms with Crippen LogP contribution in [0.2, 0.25) is 0 Å². The maximum Gasteiger partial charge on any atom is 0.144 e. The number of aromatic amines is 1. The molecule has 1 aromatic carbocycles. The Kier molecular flexibility index (Phi) is 4.59. The first-order valence-electron chi connectivity index (χ1n) is 10.6. The van der Waals surface area contributed by atoms with Crippen LogP contribution in [0.25, 0.3) is 10.9 Å². The molecule has 4 heterocycles. The van der Waals surface area contributed by atoms with E-state index in [0.29, 0.717) is 11.8 Å². The van der Waals surface area contributed by atoms with Gasteiger partial charge in [-0.15, -0.1) is 0 Å². The van der Waals surface area contributed by atoms with Crippen LogP contribution in [0.15, 0.2) is 30.5 Å². The molecule has 2 aromatic heterocycles. The van der Waals surface area contributed by atoms with E-state index in [9.17, 15) is 0 Å². The lowest BCUT2D eigenvalue weighted by Gasteiger charge is -2.26. The third kappa shape index (κ3) is 3.20. The molecule has 0 spiro atoms. The molecule has 5 rings (SSSR count). The fourth-order valence-corrected chi connectivity index (χ4v) is 5.13. The zero-order chi connectivity index (χ0) is 19.1. The minimum atomic E-state index is 0.469. The quantitative estimate of drug-likeness (QED) is 0.679. The van der Waals surface area contributed by atoms with Crippen LogP contribution in [0.4, 0.5) is 0 Å². The topological polar surface area (TPSA) is 49.9 Å². The summed E-state index contributed by atoms with van der Waals surface area (Å²) in [5, 5.41) is 4.79. The lowest BCUT2D eigenvalue weighted by molar-refractivity contribution is 0.296. The summed E-state index contributed by atoms with van der Waals surface area (Å²) in [6.45, 7) is 7.16. The summed E-state index contributed by atoms with van der Waals surface area (Å²) in [6.07, 6.45) is 6.58. The average molecular weight is 376 g/mol. The molecule has 0 radical (unpaired) electrons. The number of nitrogens with zero attached hydrogens (tertiary/aromatic N) is 1. The zero-order valence-electron chi connectivity index (χ0n) is 16.8. The summed E-state index contributed by atoms with van der Waals surface area (Å²) < 4.78 is 6.24. The van der Waals surface area contributed by atoms with Crippen molar-refractivity contribution in [3.8, 4) is 5.75 Å². The number of pyridine rings is 1. The van der Waals surface area contributed by atoms with Crippen LogP contribution in [-0.2, 0) is 6.42 Å². The number of aromatic nitrogens is 2. The molecular weight excluding hydrogens is 346 g/mol. The van der Waals surface area contributed by atoms with Gasteiger partial charge < -0.3 is 15.0 Å². The molecule has 0 bridgehead atoms. The predicted molar refractivity (Wildman–Crippen MR) is 113 cm³/mol. The second-order valence-corrected chi connectivity index (χ2v) is 8.46. The molecule has 0 saturated carbocycles. The van der Waals surface area contributed by atoms with E-state index in [1.807, 2.05) is 0 Å². The largest absolute Gasteiger partial charge is 0.491 e. The second-order valence-electron chi connectivity index (χ2n) is 8.46. The zero-order valence-corrected chi connectivity index (χ0v) is 16.8. The van der Waals surface area contributed by atoms with Crippen LogP contribution in [0.1, 0.15) is 59.2 Å². The Morgan fingerprint density at radius 2 is 1.79 bits per heavy atom. The predicted octanol–water partition coefficient (Wildman–Crippen LogP) is 4.76. The molecular formula is C24H29N3O. The van der Waals surface area contributed by atoms with Crippen LogP contribution in [0.5, 0.6) is 5.75 Å². The molecule has 0 amide bonds. The first kappa shape index (κ1) is 17.7. The molecule has 1 fully saturated rings. The van der Waals surface area contributed by atoms with Gasteiger partial charge in [-0.05, 0) is 93.3 Å². The number of aryl methyl sites for hydroxylation is 2. The van der Waals surface area contributed by atoms with Crippen molar-refractivity contribution in [3.63, 3.8) is 0 Å². The fraction of sp³-hybridized carbons (Fsp3) is 0.458. The van der Waals surface area contributed by atoms with E-state index in [2.05, 4.69) is 59.6 Å². The molecule has 0 aliphatic carbocycles. The van der Waals surface area contributed by atoms with Crippen molar-refractivity contribution in [1.82, 2.24) is 15.3 Å². The summed E-state index contributed by atoms with van der Waals surface area (Å²) in [7, 11) is 0. The molecule has 1 unspecified atom stereocenters. The van der Waals surface area contributed by atoms with Gasteiger partial charge in [0, 0.05) is 23.0 Å². The van der Waals surface area contributed by atoms with Crippen LogP contribution in [-0.4, -0.2) is 29.7 Å². The number of H-pyrrole nitrogens is 1. The van der Waals surface area contributed by atoms with Gasteiger partial charge in [0.15, 0.2) is 0 Å². The minimum Gasteiger partial charge on any atom is -0.491 e. The van der Waals surface area contributed by atoms with E-state index >= 15 is 0 Å². The van der Waals surface area contributed by atoms with Crippen molar-refractivity contribution in [2.75, 3.05) is 19.7 Å². The summed E-state index contributed by atoms with van der Waals surface area (Å²) in [4.78, 5) is 8.12. The van der Waals surface area contributed by atoms with Crippen molar-refractivity contribution in [2.24, 2.45) is 0 Å². The van der Waals surface area contributed by atoms with E-state index in [4.69, 9.17) is 4.74 Å². The van der Waals surface area contributed by atoms with Crippen LogP contribution in [0.3, 0.4) is 0 Å². The first-order chi connectivity index (χ1) is 13.7. The lowest BCUT2D eigenvalue weighted by atomic mass is 9.84. The molecule has 2 aliphatic heterocycles. The monoisotopic (exact) mass is 375 g/mol. The molecule has 2 aliphatic rings. The Morgan fingerprint density at radius 3 is 2.57 bits per heavy atom. The summed E-state index contributed by atoms with van der Waals surface area (Å²) in [5.41, 5.74) is 7.76. The minimum absolute atomic E-state index is 0.469. The second kappa shape index (κ2) is 7.25. The molecule has 28 heavy (non-hydrogen) atoms. The summed E-state index contributed by atoms with van der Waals surface area (Å²) in [5.74, 6) is 2.13. The van der Waals surface area contributed by atoms with E-state index in [1.54, 1.807) is 0 Å². The number of piperidine rings is 1. The highest BCUT2D eigenvalue weighted by Gasteiger charge is 2.24. The van der Waals surface area contributed by atoms with Crippen molar-refractivity contribution >= 4 is 10.9 Å². The highest BCUT2D eigenvalue weighted by molar-refractivity contribution is 5.92. The van der Waals surface area contributed by atoms with Gasteiger partial charge in [-0.2, -0.15) is 0 Å². The molecule has 3 aromatic rings. The number of hydrogen-bond donors (Lipinski definition) is 2. The number of benzene rings is 1. The standard InChI is InChI=1S/C24H29N3O/c1-15-11-20(12-16(2)27-15)18-7-10-28-22-14-26-24-21(17-5-8-25-9-6-17)4-3-19(13-18)23(22)24/h3-4,11-12,14,17-18,25-26H,5-10,13H2,1-2H3. The molecule has 4 heteroatoms. The molecule has 2 N–H and O–H groups in total. The maximum absolute atomic E-state index is 6.24. The SMILES string of the molecule is Cc1cc(C2CCOc3c[nH]c4c(C5CCNCC5)ccc(c34)C2)cc(C)n1. The highest BCUT2D eigenvalue weighted by atomic mass is 16.5. The maximum atomic E-state index is 6.24. The van der Waals surface area contributed by atoms with Gasteiger partial charge in [-0.3, -0.25) is 4.98 Å². The van der Waals surface area contributed by atoms with E-state index in [-0.39, 0.29) is 0 Å². The van der Waals surface area contributed by atoms with Gasteiger partial charge in [-0.25, -0.2) is 0 Å². The number of hydrogen-bond acceptors (Lipinski definition) is 3. The van der Waals surface area contributed by atoms with Gasteiger partial charge >= 0.3 is 0 Å². The highest BCUT2D eigenvalue weighted by Crippen LogP contribution is 2.40. The Hall–Kier alpha value is -2.33. The van der Waals surface area contributed by atoms with Crippen LogP contribution in [0, 0.1) is 13.8 Å². The Morgan fingerprint density at radius 1 is 1.00 bits per heavy atom. The van der Waals surface area contributed by atoms with E-state index in [1.165, 1.54) is 40.4 Å². The normalized spacial score (nSPS) is 20.6. The summed E-state index contributed by atoms with van der Waals surface area (Å²) in [6, 6.07) is 9.23.